The van der Waals surface area contributed by atoms with Crippen molar-refractivity contribution < 1.29 is 0 Å². The van der Waals surface area contributed by atoms with Crippen molar-refractivity contribution in [1.29, 1.82) is 0 Å². The number of rotatable bonds is 3. The Morgan fingerprint density at radius 2 is 2.17 bits per heavy atom. The normalized spacial score (nSPS) is 10.7. The molecule has 0 atom stereocenters. The van der Waals surface area contributed by atoms with Gasteiger partial charge in [-0.05, 0) is 35.8 Å². The van der Waals surface area contributed by atoms with E-state index in [9.17, 15) is 0 Å². The van der Waals surface area contributed by atoms with Gasteiger partial charge in [0.25, 0.3) is 0 Å². The molecule has 0 spiro atoms. The van der Waals surface area contributed by atoms with E-state index < -0.39 is 0 Å². The number of halogens is 2. The second kappa shape index (κ2) is 5.28. The summed E-state index contributed by atoms with van der Waals surface area (Å²) in [4.78, 5) is 4.24. The first-order valence-electron chi connectivity index (χ1n) is 5.53. The minimum atomic E-state index is 0.601. The van der Waals surface area contributed by atoms with Crippen molar-refractivity contribution in [1.82, 2.24) is 14.8 Å². The van der Waals surface area contributed by atoms with Crippen LogP contribution in [0.1, 0.15) is 17.0 Å². The van der Waals surface area contributed by atoms with Gasteiger partial charge in [0.15, 0.2) is 0 Å². The van der Waals surface area contributed by atoms with Crippen molar-refractivity contribution in [3.8, 4) is 0 Å². The van der Waals surface area contributed by atoms with Gasteiger partial charge in [-0.1, -0.05) is 11.6 Å². The van der Waals surface area contributed by atoms with Crippen LogP contribution in [0.5, 0.6) is 0 Å². The molecule has 0 amide bonds. The molecule has 18 heavy (non-hydrogen) atoms. The smallest absolute Gasteiger partial charge is 0.145 e. The van der Waals surface area contributed by atoms with Crippen LogP contribution in [0.4, 0.5) is 5.82 Å². The second-order valence-electron chi connectivity index (χ2n) is 4.11. The second-order valence-corrected chi connectivity index (χ2v) is 5.43. The maximum absolute atomic E-state index is 6.10. The Bertz CT molecular complexity index is 580. The molecule has 0 aromatic carbocycles. The van der Waals surface area contributed by atoms with Crippen LogP contribution in [0, 0.1) is 13.8 Å². The number of nitrogens with zero attached hydrogens (tertiary/aromatic N) is 3. The van der Waals surface area contributed by atoms with Crippen LogP contribution < -0.4 is 5.32 Å². The quantitative estimate of drug-likeness (QED) is 0.937. The summed E-state index contributed by atoms with van der Waals surface area (Å²) >= 11 is 9.44. The van der Waals surface area contributed by atoms with Gasteiger partial charge in [-0.25, -0.2) is 4.98 Å². The van der Waals surface area contributed by atoms with Gasteiger partial charge in [-0.15, -0.1) is 0 Å². The van der Waals surface area contributed by atoms with Gasteiger partial charge in [-0.2, -0.15) is 5.10 Å². The highest BCUT2D eigenvalue weighted by atomic mass is 79.9. The Morgan fingerprint density at radius 3 is 2.72 bits per heavy atom. The molecule has 0 saturated carbocycles. The minimum absolute atomic E-state index is 0.601. The topological polar surface area (TPSA) is 42.7 Å². The highest BCUT2D eigenvalue weighted by Gasteiger charge is 2.10. The zero-order valence-electron chi connectivity index (χ0n) is 10.5. The fraction of sp³-hybridized carbons (Fsp3) is 0.333. The standard InChI is InChI=1S/C12H14BrClN4/c1-7-10(8(2)18(3)17-7)6-16-12-11(14)4-9(13)5-15-12/h4-5H,6H2,1-3H3,(H,15,16). The van der Waals surface area contributed by atoms with Crippen LogP contribution in [-0.4, -0.2) is 14.8 Å². The number of pyridine rings is 1. The Balaban J connectivity index is 2.16. The van der Waals surface area contributed by atoms with Crippen molar-refractivity contribution in [2.45, 2.75) is 20.4 Å². The van der Waals surface area contributed by atoms with E-state index in [0.717, 1.165) is 15.9 Å². The first kappa shape index (κ1) is 13.4. The van der Waals surface area contributed by atoms with Crippen molar-refractivity contribution in [2.75, 3.05) is 5.32 Å². The number of hydrogen-bond donors (Lipinski definition) is 1. The van der Waals surface area contributed by atoms with Crippen molar-refractivity contribution in [2.24, 2.45) is 7.05 Å². The van der Waals surface area contributed by atoms with Crippen molar-refractivity contribution in [3.05, 3.63) is 38.7 Å². The van der Waals surface area contributed by atoms with E-state index in [1.165, 1.54) is 5.56 Å². The number of anilines is 1. The number of hydrogen-bond acceptors (Lipinski definition) is 3. The Labute approximate surface area is 119 Å². The zero-order valence-corrected chi connectivity index (χ0v) is 12.8. The van der Waals surface area contributed by atoms with Crippen LogP contribution >= 0.6 is 27.5 Å². The molecule has 2 aromatic rings. The molecule has 0 aliphatic rings. The molecule has 0 aliphatic carbocycles. The predicted octanol–water partition coefficient (Wildman–Crippen LogP) is 3.46. The molecular formula is C12H14BrClN4. The summed E-state index contributed by atoms with van der Waals surface area (Å²) in [6.07, 6.45) is 1.72. The summed E-state index contributed by atoms with van der Waals surface area (Å²) in [7, 11) is 1.94. The maximum atomic E-state index is 6.10. The predicted molar refractivity (Wildman–Crippen MR) is 77.0 cm³/mol. The van der Waals surface area contributed by atoms with E-state index in [1.807, 2.05) is 31.6 Å². The number of aromatic nitrogens is 3. The lowest BCUT2D eigenvalue weighted by atomic mass is 10.2. The van der Waals surface area contributed by atoms with Crippen molar-refractivity contribution >= 4 is 33.3 Å². The average molecular weight is 330 g/mol. The first-order valence-corrected chi connectivity index (χ1v) is 6.70. The molecule has 0 aliphatic heterocycles. The Kier molecular flexibility index (Phi) is 3.92. The van der Waals surface area contributed by atoms with Gasteiger partial charge in [0.05, 0.1) is 10.7 Å². The fourth-order valence-corrected chi connectivity index (χ4v) is 2.49. The van der Waals surface area contributed by atoms with E-state index in [1.54, 1.807) is 6.20 Å². The average Bonchev–Trinajstić information content (AvgIpc) is 2.53. The molecule has 0 unspecified atom stereocenters. The van der Waals surface area contributed by atoms with Gasteiger partial charge in [-0.3, -0.25) is 4.68 Å². The van der Waals surface area contributed by atoms with E-state index >= 15 is 0 Å². The van der Waals surface area contributed by atoms with Crippen LogP contribution in [0.3, 0.4) is 0 Å². The van der Waals surface area contributed by atoms with Crippen LogP contribution in [0.15, 0.2) is 16.7 Å². The molecule has 0 saturated heterocycles. The first-order chi connectivity index (χ1) is 8.49. The molecule has 96 valence electrons. The summed E-state index contributed by atoms with van der Waals surface area (Å²) in [5.74, 6) is 0.683. The SMILES string of the molecule is Cc1nn(C)c(C)c1CNc1ncc(Br)cc1Cl. The molecule has 2 heterocycles. The van der Waals surface area contributed by atoms with E-state index in [-0.39, 0.29) is 0 Å². The van der Waals surface area contributed by atoms with Gasteiger partial charge in [0.2, 0.25) is 0 Å². The van der Waals surface area contributed by atoms with E-state index in [2.05, 4.69) is 31.3 Å². The molecule has 2 aromatic heterocycles. The maximum Gasteiger partial charge on any atom is 0.145 e. The monoisotopic (exact) mass is 328 g/mol. The summed E-state index contributed by atoms with van der Waals surface area (Å²) in [5.41, 5.74) is 3.35. The lowest BCUT2D eigenvalue weighted by Crippen LogP contribution is -2.04. The molecule has 6 heteroatoms. The summed E-state index contributed by atoms with van der Waals surface area (Å²) < 4.78 is 2.75. The largest absolute Gasteiger partial charge is 0.365 e. The third-order valence-electron chi connectivity index (χ3n) is 2.90. The van der Waals surface area contributed by atoms with Crippen LogP contribution in [-0.2, 0) is 13.6 Å². The number of aryl methyl sites for hydroxylation is 2. The van der Waals surface area contributed by atoms with Crippen LogP contribution in [0.25, 0.3) is 0 Å². The third kappa shape index (κ3) is 2.67. The zero-order chi connectivity index (χ0) is 13.3. The lowest BCUT2D eigenvalue weighted by Gasteiger charge is -2.08. The third-order valence-corrected chi connectivity index (χ3v) is 3.62. The summed E-state index contributed by atoms with van der Waals surface area (Å²) in [6.45, 7) is 4.72. The molecule has 4 nitrogen and oxygen atoms in total. The van der Waals surface area contributed by atoms with Gasteiger partial charge in [0, 0.05) is 35.5 Å². The molecular weight excluding hydrogens is 316 g/mol. The van der Waals surface area contributed by atoms with Gasteiger partial charge < -0.3 is 5.32 Å². The Hall–Kier alpha value is -1.07. The van der Waals surface area contributed by atoms with Gasteiger partial charge >= 0.3 is 0 Å². The van der Waals surface area contributed by atoms with Crippen molar-refractivity contribution in [3.63, 3.8) is 0 Å². The Morgan fingerprint density at radius 1 is 1.44 bits per heavy atom. The molecule has 0 radical (unpaired) electrons. The van der Waals surface area contributed by atoms with Gasteiger partial charge in [0.1, 0.15) is 5.82 Å². The molecule has 2 rings (SSSR count). The minimum Gasteiger partial charge on any atom is -0.365 e. The fourth-order valence-electron chi connectivity index (χ4n) is 1.79. The lowest BCUT2D eigenvalue weighted by molar-refractivity contribution is 0.730. The van der Waals surface area contributed by atoms with E-state index in [0.29, 0.717) is 17.4 Å². The molecule has 0 bridgehead atoms. The molecule has 1 N–H and O–H groups in total. The van der Waals surface area contributed by atoms with E-state index in [4.69, 9.17) is 11.6 Å². The number of nitrogens with one attached hydrogen (secondary N) is 1. The highest BCUT2D eigenvalue weighted by Crippen LogP contribution is 2.24. The highest BCUT2D eigenvalue weighted by molar-refractivity contribution is 9.10. The summed E-state index contributed by atoms with van der Waals surface area (Å²) in [5, 5.41) is 8.21. The summed E-state index contributed by atoms with van der Waals surface area (Å²) in [6, 6.07) is 1.82. The molecule has 0 fully saturated rings. The van der Waals surface area contributed by atoms with Crippen LogP contribution in [0.2, 0.25) is 5.02 Å².